The second kappa shape index (κ2) is 6.17. The van der Waals surface area contributed by atoms with Gasteiger partial charge in [0.25, 0.3) is 0 Å². The van der Waals surface area contributed by atoms with Crippen molar-refractivity contribution in [3.05, 3.63) is 71.0 Å². The Morgan fingerprint density at radius 1 is 1.00 bits per heavy atom. The van der Waals surface area contributed by atoms with Gasteiger partial charge in [-0.15, -0.1) is 0 Å². The average molecular weight is 342 g/mol. The molecule has 1 aliphatic rings. The number of methoxy groups -OCH3 is 1. The maximum Gasteiger partial charge on any atom is 0.118 e. The van der Waals surface area contributed by atoms with Crippen LogP contribution in [0.1, 0.15) is 35.4 Å². The highest BCUT2D eigenvalue weighted by molar-refractivity contribution is 6.10. The highest BCUT2D eigenvalue weighted by Gasteiger charge is 2.20. The van der Waals surface area contributed by atoms with Crippen molar-refractivity contribution in [3.8, 4) is 5.75 Å². The van der Waals surface area contributed by atoms with Crippen molar-refractivity contribution >= 4 is 21.8 Å². The third-order valence-corrected chi connectivity index (χ3v) is 5.54. The summed E-state index contributed by atoms with van der Waals surface area (Å²) in [4.78, 5) is 8.76. The maximum atomic E-state index is 5.28. The molecule has 0 bridgehead atoms. The third-order valence-electron chi connectivity index (χ3n) is 5.54. The summed E-state index contributed by atoms with van der Waals surface area (Å²) in [6.45, 7) is 0. The largest absolute Gasteiger partial charge is 0.497 e. The van der Waals surface area contributed by atoms with Gasteiger partial charge in [0.2, 0.25) is 0 Å². The summed E-state index contributed by atoms with van der Waals surface area (Å²) < 4.78 is 5.28. The number of pyridine rings is 1. The fourth-order valence-corrected chi connectivity index (χ4v) is 4.24. The van der Waals surface area contributed by atoms with Crippen molar-refractivity contribution in [2.75, 3.05) is 7.11 Å². The number of rotatable bonds is 3. The van der Waals surface area contributed by atoms with Crippen molar-refractivity contribution in [3.63, 3.8) is 0 Å². The number of hydrogen-bond donors (Lipinski definition) is 1. The van der Waals surface area contributed by atoms with E-state index >= 15 is 0 Å². The van der Waals surface area contributed by atoms with E-state index in [0.29, 0.717) is 0 Å². The number of para-hydroxylation sites is 1. The van der Waals surface area contributed by atoms with Crippen LogP contribution in [-0.2, 0) is 19.3 Å². The van der Waals surface area contributed by atoms with Gasteiger partial charge in [-0.25, -0.2) is 0 Å². The molecule has 5 rings (SSSR count). The zero-order valence-corrected chi connectivity index (χ0v) is 15.0. The van der Waals surface area contributed by atoms with Gasteiger partial charge in [0.1, 0.15) is 5.75 Å². The molecule has 0 fully saturated rings. The predicted molar refractivity (Wildman–Crippen MR) is 106 cm³/mol. The monoisotopic (exact) mass is 342 g/mol. The Morgan fingerprint density at radius 2 is 1.81 bits per heavy atom. The van der Waals surface area contributed by atoms with Crippen molar-refractivity contribution in [1.82, 2.24) is 9.97 Å². The summed E-state index contributed by atoms with van der Waals surface area (Å²) >= 11 is 0. The molecule has 3 nitrogen and oxygen atoms in total. The van der Waals surface area contributed by atoms with Crippen LogP contribution >= 0.6 is 0 Å². The van der Waals surface area contributed by atoms with Crippen molar-refractivity contribution in [2.24, 2.45) is 0 Å². The molecule has 0 amide bonds. The van der Waals surface area contributed by atoms with E-state index < -0.39 is 0 Å². The van der Waals surface area contributed by atoms with Gasteiger partial charge < -0.3 is 9.72 Å². The molecule has 0 unspecified atom stereocenters. The number of H-pyrrole nitrogens is 1. The minimum absolute atomic E-state index is 0.834. The smallest absolute Gasteiger partial charge is 0.118 e. The molecule has 2 heterocycles. The Bertz CT molecular complexity index is 1090. The lowest BCUT2D eigenvalue weighted by atomic mass is 9.91. The molecule has 0 atom stereocenters. The molecular weight excluding hydrogens is 320 g/mol. The molecule has 0 spiro atoms. The molecule has 0 saturated carbocycles. The molecule has 0 saturated heterocycles. The number of ether oxygens (including phenoxy) is 1. The van der Waals surface area contributed by atoms with Crippen molar-refractivity contribution in [2.45, 2.75) is 32.1 Å². The normalized spacial score (nSPS) is 13.9. The minimum atomic E-state index is 0.834. The number of fused-ring (bicyclic) bond motifs is 5. The first kappa shape index (κ1) is 15.4. The van der Waals surface area contributed by atoms with E-state index in [1.54, 1.807) is 7.11 Å². The first-order valence-electron chi connectivity index (χ1n) is 9.37. The Hall–Kier alpha value is -2.81. The number of nitrogens with zero attached hydrogens (tertiary/aromatic N) is 1. The SMILES string of the molecule is COc1ccc(Cc2nc3c(c4c2[nH]c2ccccc24)CCCC3)cc1. The van der Waals surface area contributed by atoms with Crippen LogP contribution in [0.2, 0.25) is 0 Å². The van der Waals surface area contributed by atoms with E-state index in [1.165, 1.54) is 51.5 Å². The van der Waals surface area contributed by atoms with Gasteiger partial charge in [0, 0.05) is 28.4 Å². The fraction of sp³-hybridized carbons (Fsp3) is 0.261. The van der Waals surface area contributed by atoms with E-state index in [1.807, 2.05) is 12.1 Å². The van der Waals surface area contributed by atoms with Crippen LogP contribution in [-0.4, -0.2) is 17.1 Å². The van der Waals surface area contributed by atoms with Gasteiger partial charge >= 0.3 is 0 Å². The van der Waals surface area contributed by atoms with Crippen LogP contribution in [0, 0.1) is 0 Å². The number of nitrogens with one attached hydrogen (secondary N) is 1. The molecule has 1 aliphatic carbocycles. The topological polar surface area (TPSA) is 37.9 Å². The molecule has 2 aromatic heterocycles. The second-order valence-electron chi connectivity index (χ2n) is 7.14. The van der Waals surface area contributed by atoms with Crippen LogP contribution in [0.15, 0.2) is 48.5 Å². The number of hydrogen-bond acceptors (Lipinski definition) is 2. The van der Waals surface area contributed by atoms with E-state index in [9.17, 15) is 0 Å². The van der Waals surface area contributed by atoms with E-state index in [-0.39, 0.29) is 0 Å². The van der Waals surface area contributed by atoms with Gasteiger partial charge in [-0.2, -0.15) is 0 Å². The van der Waals surface area contributed by atoms with Gasteiger partial charge in [-0.1, -0.05) is 30.3 Å². The molecule has 26 heavy (non-hydrogen) atoms. The first-order chi connectivity index (χ1) is 12.8. The minimum Gasteiger partial charge on any atom is -0.497 e. The Morgan fingerprint density at radius 3 is 2.65 bits per heavy atom. The van der Waals surface area contributed by atoms with Crippen molar-refractivity contribution in [1.29, 1.82) is 0 Å². The molecule has 0 aliphatic heterocycles. The van der Waals surface area contributed by atoms with Gasteiger partial charge in [-0.3, -0.25) is 4.98 Å². The Kier molecular flexibility index (Phi) is 3.66. The predicted octanol–water partition coefficient (Wildman–Crippen LogP) is 5.19. The Labute approximate surface area is 153 Å². The zero-order valence-electron chi connectivity index (χ0n) is 15.0. The first-order valence-corrected chi connectivity index (χ1v) is 9.37. The van der Waals surface area contributed by atoms with Gasteiger partial charge in [0.15, 0.2) is 0 Å². The van der Waals surface area contributed by atoms with Crippen LogP contribution in [0.3, 0.4) is 0 Å². The molecule has 2 aromatic carbocycles. The lowest BCUT2D eigenvalue weighted by molar-refractivity contribution is 0.414. The van der Waals surface area contributed by atoms with E-state index in [2.05, 4.69) is 41.4 Å². The average Bonchev–Trinajstić information content (AvgIpc) is 3.09. The van der Waals surface area contributed by atoms with Crippen LogP contribution < -0.4 is 4.74 Å². The van der Waals surface area contributed by atoms with Crippen LogP contribution in [0.4, 0.5) is 0 Å². The molecule has 0 radical (unpaired) electrons. The summed E-state index contributed by atoms with van der Waals surface area (Å²) in [5, 5.41) is 2.73. The van der Waals surface area contributed by atoms with E-state index in [4.69, 9.17) is 9.72 Å². The van der Waals surface area contributed by atoms with E-state index in [0.717, 1.165) is 30.7 Å². The highest BCUT2D eigenvalue weighted by atomic mass is 16.5. The van der Waals surface area contributed by atoms with Gasteiger partial charge in [0.05, 0.1) is 18.3 Å². The number of benzene rings is 2. The molecule has 4 aromatic rings. The van der Waals surface area contributed by atoms with Gasteiger partial charge in [-0.05, 0) is 55.0 Å². The zero-order chi connectivity index (χ0) is 17.5. The number of aryl methyl sites for hydroxylation is 2. The molecule has 3 heteroatoms. The summed E-state index contributed by atoms with van der Waals surface area (Å²) in [5.74, 6) is 0.892. The summed E-state index contributed by atoms with van der Waals surface area (Å²) in [6, 6.07) is 17.0. The van der Waals surface area contributed by atoms with Crippen LogP contribution in [0.5, 0.6) is 5.75 Å². The lowest BCUT2D eigenvalue weighted by Crippen LogP contribution is -2.09. The summed E-state index contributed by atoms with van der Waals surface area (Å²) in [5.41, 5.74) is 7.59. The van der Waals surface area contributed by atoms with Crippen molar-refractivity contribution < 1.29 is 4.74 Å². The van der Waals surface area contributed by atoms with Crippen LogP contribution in [0.25, 0.3) is 21.8 Å². The maximum absolute atomic E-state index is 5.28. The summed E-state index contributed by atoms with van der Waals surface area (Å²) in [6.07, 6.45) is 5.58. The molecular formula is C23H22N2O. The Balaban J connectivity index is 1.71. The molecule has 130 valence electrons. The number of aromatic nitrogens is 2. The fourth-order valence-electron chi connectivity index (χ4n) is 4.24. The second-order valence-corrected chi connectivity index (χ2v) is 7.14. The quantitative estimate of drug-likeness (QED) is 0.556. The summed E-state index contributed by atoms with van der Waals surface area (Å²) in [7, 11) is 1.70. The highest BCUT2D eigenvalue weighted by Crippen LogP contribution is 2.35. The molecule has 1 N–H and O–H groups in total. The number of aromatic amines is 1. The standard InChI is InChI=1S/C23H22N2O/c1-26-16-12-10-15(11-13-16)14-21-23-22(17-6-2-4-8-19(17)24-21)18-7-3-5-9-20(18)25-23/h3,5,7,9-13,25H,2,4,6,8,14H2,1H3. The lowest BCUT2D eigenvalue weighted by Gasteiger charge is -2.18. The third kappa shape index (κ3) is 2.47.